The Morgan fingerprint density at radius 1 is 0.885 bits per heavy atom. The van der Waals surface area contributed by atoms with Crippen molar-refractivity contribution in [2.45, 2.75) is 52.0 Å². The van der Waals surface area contributed by atoms with Crippen LogP contribution < -0.4 is 10.6 Å². The molecule has 0 heterocycles. The van der Waals surface area contributed by atoms with Crippen molar-refractivity contribution in [2.75, 3.05) is 5.32 Å². The molecule has 0 bridgehead atoms. The summed E-state index contributed by atoms with van der Waals surface area (Å²) in [4.78, 5) is 25.4. The lowest BCUT2D eigenvalue weighted by atomic mass is 9.95. The van der Waals surface area contributed by atoms with Crippen molar-refractivity contribution in [3.63, 3.8) is 0 Å². The second kappa shape index (κ2) is 8.17. The lowest BCUT2D eigenvalue weighted by Crippen LogP contribution is -2.36. The summed E-state index contributed by atoms with van der Waals surface area (Å²) in [7, 11) is 0. The van der Waals surface area contributed by atoms with E-state index in [9.17, 15) is 9.59 Å². The van der Waals surface area contributed by atoms with Gasteiger partial charge in [0.15, 0.2) is 0 Å². The van der Waals surface area contributed by atoms with Crippen LogP contribution in [0.3, 0.4) is 0 Å². The molecule has 0 spiro atoms. The van der Waals surface area contributed by atoms with Crippen molar-refractivity contribution in [1.82, 2.24) is 5.32 Å². The molecule has 0 aromatic heterocycles. The molecule has 4 nitrogen and oxygen atoms in total. The van der Waals surface area contributed by atoms with E-state index >= 15 is 0 Å². The highest BCUT2D eigenvalue weighted by Crippen LogP contribution is 2.21. The molecule has 1 aliphatic rings. The van der Waals surface area contributed by atoms with Gasteiger partial charge in [-0.1, -0.05) is 49.1 Å². The third kappa shape index (κ3) is 4.31. The average molecular weight is 350 g/mol. The van der Waals surface area contributed by atoms with Gasteiger partial charge in [-0.2, -0.15) is 0 Å². The van der Waals surface area contributed by atoms with E-state index in [1.807, 2.05) is 44.2 Å². The number of aryl methyl sites for hydroxylation is 2. The van der Waals surface area contributed by atoms with Gasteiger partial charge in [-0.05, 0) is 50.5 Å². The van der Waals surface area contributed by atoms with E-state index in [-0.39, 0.29) is 17.9 Å². The minimum Gasteiger partial charge on any atom is -0.349 e. The molecule has 2 aromatic carbocycles. The minimum absolute atomic E-state index is 0.117. The summed E-state index contributed by atoms with van der Waals surface area (Å²) >= 11 is 0. The lowest BCUT2D eigenvalue weighted by Gasteiger charge is -2.23. The molecule has 0 atom stereocenters. The van der Waals surface area contributed by atoms with Gasteiger partial charge in [-0.3, -0.25) is 9.59 Å². The number of carbonyl (C=O) groups excluding carboxylic acids is 2. The van der Waals surface area contributed by atoms with Gasteiger partial charge in [0, 0.05) is 11.6 Å². The largest absolute Gasteiger partial charge is 0.349 e. The zero-order chi connectivity index (χ0) is 18.5. The molecule has 2 amide bonds. The summed E-state index contributed by atoms with van der Waals surface area (Å²) in [5, 5.41) is 6.02. The van der Waals surface area contributed by atoms with E-state index in [1.54, 1.807) is 12.1 Å². The number of para-hydroxylation sites is 1. The van der Waals surface area contributed by atoms with E-state index in [4.69, 9.17) is 0 Å². The van der Waals surface area contributed by atoms with Crippen LogP contribution in [0.5, 0.6) is 0 Å². The molecule has 26 heavy (non-hydrogen) atoms. The van der Waals surface area contributed by atoms with Crippen molar-refractivity contribution in [3.8, 4) is 0 Å². The second-order valence-corrected chi connectivity index (χ2v) is 7.13. The summed E-state index contributed by atoms with van der Waals surface area (Å²) in [5.74, 6) is -0.311. The standard InChI is InChI=1S/C22H26N2O2/c1-15-12-13-18(16(2)14-15)21(25)24-20-11-7-6-10-19(20)22(26)23-17-8-4-3-5-9-17/h6-7,10-14,17H,3-5,8-9H2,1-2H3,(H,23,26)(H,24,25). The van der Waals surface area contributed by atoms with Gasteiger partial charge in [0.05, 0.1) is 11.3 Å². The Morgan fingerprint density at radius 2 is 1.62 bits per heavy atom. The van der Waals surface area contributed by atoms with Crippen LogP contribution in [0, 0.1) is 13.8 Å². The van der Waals surface area contributed by atoms with Gasteiger partial charge in [-0.25, -0.2) is 0 Å². The predicted octanol–water partition coefficient (Wildman–Crippen LogP) is 4.62. The number of nitrogens with one attached hydrogen (secondary N) is 2. The Labute approximate surface area is 155 Å². The quantitative estimate of drug-likeness (QED) is 0.845. The van der Waals surface area contributed by atoms with Crippen LogP contribution in [0.2, 0.25) is 0 Å². The van der Waals surface area contributed by atoms with Crippen LogP contribution in [0.4, 0.5) is 5.69 Å². The van der Waals surface area contributed by atoms with E-state index in [0.717, 1.165) is 36.8 Å². The Balaban J connectivity index is 1.76. The van der Waals surface area contributed by atoms with Crippen LogP contribution in [0.25, 0.3) is 0 Å². The Hall–Kier alpha value is -2.62. The number of carbonyl (C=O) groups is 2. The molecule has 3 rings (SSSR count). The molecule has 1 saturated carbocycles. The van der Waals surface area contributed by atoms with Crippen molar-refractivity contribution in [2.24, 2.45) is 0 Å². The highest BCUT2D eigenvalue weighted by molar-refractivity contribution is 6.09. The second-order valence-electron chi connectivity index (χ2n) is 7.13. The van der Waals surface area contributed by atoms with Gasteiger partial charge in [0.2, 0.25) is 0 Å². The zero-order valence-corrected chi connectivity index (χ0v) is 15.5. The van der Waals surface area contributed by atoms with E-state index in [0.29, 0.717) is 16.8 Å². The predicted molar refractivity (Wildman–Crippen MR) is 105 cm³/mol. The fraction of sp³-hybridized carbons (Fsp3) is 0.364. The summed E-state index contributed by atoms with van der Waals surface area (Å²) in [6.07, 6.45) is 5.63. The molecule has 4 heteroatoms. The lowest BCUT2D eigenvalue weighted by molar-refractivity contribution is 0.0928. The normalized spacial score (nSPS) is 14.7. The van der Waals surface area contributed by atoms with Crippen LogP contribution in [0.15, 0.2) is 42.5 Å². The topological polar surface area (TPSA) is 58.2 Å². The van der Waals surface area contributed by atoms with Crippen molar-refractivity contribution < 1.29 is 9.59 Å². The molecule has 1 fully saturated rings. The summed E-state index contributed by atoms with van der Waals surface area (Å²) in [6, 6.07) is 13.1. The molecular formula is C22H26N2O2. The molecule has 136 valence electrons. The highest BCUT2D eigenvalue weighted by Gasteiger charge is 2.19. The molecule has 0 radical (unpaired) electrons. The van der Waals surface area contributed by atoms with Gasteiger partial charge in [-0.15, -0.1) is 0 Å². The van der Waals surface area contributed by atoms with Gasteiger partial charge >= 0.3 is 0 Å². The first-order valence-electron chi connectivity index (χ1n) is 9.33. The van der Waals surface area contributed by atoms with Crippen molar-refractivity contribution >= 4 is 17.5 Å². The summed E-state index contributed by atoms with van der Waals surface area (Å²) < 4.78 is 0. The maximum atomic E-state index is 12.7. The monoisotopic (exact) mass is 350 g/mol. The average Bonchev–Trinajstić information content (AvgIpc) is 2.62. The molecule has 0 aliphatic heterocycles. The number of benzene rings is 2. The van der Waals surface area contributed by atoms with E-state index in [1.165, 1.54) is 6.42 Å². The molecule has 0 unspecified atom stereocenters. The highest BCUT2D eigenvalue weighted by atomic mass is 16.2. The molecular weight excluding hydrogens is 324 g/mol. The first-order valence-corrected chi connectivity index (χ1v) is 9.33. The maximum absolute atomic E-state index is 12.7. The van der Waals surface area contributed by atoms with Crippen molar-refractivity contribution in [3.05, 3.63) is 64.7 Å². The van der Waals surface area contributed by atoms with E-state index < -0.39 is 0 Å². The van der Waals surface area contributed by atoms with Crippen LogP contribution in [-0.4, -0.2) is 17.9 Å². The molecule has 1 aliphatic carbocycles. The molecule has 0 saturated heterocycles. The summed E-state index contributed by atoms with van der Waals surface area (Å²) in [5.41, 5.74) is 3.72. The van der Waals surface area contributed by atoms with Gasteiger partial charge < -0.3 is 10.6 Å². The smallest absolute Gasteiger partial charge is 0.255 e. The number of hydrogen-bond donors (Lipinski definition) is 2. The van der Waals surface area contributed by atoms with Crippen LogP contribution in [-0.2, 0) is 0 Å². The molecule has 2 N–H and O–H groups in total. The number of anilines is 1. The Morgan fingerprint density at radius 3 is 2.35 bits per heavy atom. The minimum atomic E-state index is -0.194. The number of hydrogen-bond acceptors (Lipinski definition) is 2. The third-order valence-electron chi connectivity index (χ3n) is 4.99. The van der Waals surface area contributed by atoms with Gasteiger partial charge in [0.1, 0.15) is 0 Å². The number of rotatable bonds is 4. The van der Waals surface area contributed by atoms with Crippen LogP contribution >= 0.6 is 0 Å². The van der Waals surface area contributed by atoms with Crippen LogP contribution in [0.1, 0.15) is 63.9 Å². The first-order chi connectivity index (χ1) is 12.5. The van der Waals surface area contributed by atoms with Gasteiger partial charge in [0.25, 0.3) is 11.8 Å². The maximum Gasteiger partial charge on any atom is 0.255 e. The zero-order valence-electron chi connectivity index (χ0n) is 15.5. The van der Waals surface area contributed by atoms with E-state index in [2.05, 4.69) is 10.6 Å². The fourth-order valence-electron chi connectivity index (χ4n) is 3.56. The van der Waals surface area contributed by atoms with Crippen molar-refractivity contribution in [1.29, 1.82) is 0 Å². The summed E-state index contributed by atoms with van der Waals surface area (Å²) in [6.45, 7) is 3.92. The number of amides is 2. The molecule has 2 aromatic rings. The fourth-order valence-corrected chi connectivity index (χ4v) is 3.56. The third-order valence-corrected chi connectivity index (χ3v) is 4.99. The Kier molecular flexibility index (Phi) is 5.71. The SMILES string of the molecule is Cc1ccc(C(=O)Nc2ccccc2C(=O)NC2CCCCC2)c(C)c1. The Bertz CT molecular complexity index is 808. The first kappa shape index (κ1) is 18.2.